The van der Waals surface area contributed by atoms with Gasteiger partial charge in [-0.25, -0.2) is 0 Å². The highest BCUT2D eigenvalue weighted by atomic mass is 16.5. The number of ether oxygens (including phenoxy) is 1. The lowest BCUT2D eigenvalue weighted by Crippen LogP contribution is -2.61. The fourth-order valence-electron chi connectivity index (χ4n) is 10.6. The Labute approximate surface area is 207 Å². The summed E-state index contributed by atoms with van der Waals surface area (Å²) in [5.41, 5.74) is 3.09. The smallest absolute Gasteiger partial charge is 0.312 e. The molecule has 0 aliphatic heterocycles. The van der Waals surface area contributed by atoms with Gasteiger partial charge in [0.15, 0.2) is 0 Å². The van der Waals surface area contributed by atoms with Crippen LogP contribution in [0.15, 0.2) is 23.8 Å². The van der Waals surface area contributed by atoms with Crippen molar-refractivity contribution in [3.8, 4) is 0 Å². The van der Waals surface area contributed by atoms with Crippen molar-refractivity contribution in [1.82, 2.24) is 0 Å². The Morgan fingerprint density at radius 2 is 1.74 bits per heavy atom. The minimum Gasteiger partial charge on any atom is -0.469 e. The van der Waals surface area contributed by atoms with Gasteiger partial charge >= 0.3 is 5.97 Å². The highest BCUT2D eigenvalue weighted by Gasteiger charge is 2.69. The van der Waals surface area contributed by atoms with Crippen molar-refractivity contribution in [3.05, 3.63) is 23.8 Å². The molecule has 0 amide bonds. The van der Waals surface area contributed by atoms with E-state index in [2.05, 4.69) is 54.2 Å². The highest BCUT2D eigenvalue weighted by molar-refractivity contribution is 5.78. The summed E-state index contributed by atoms with van der Waals surface area (Å²) in [6, 6.07) is 0. The molecule has 34 heavy (non-hydrogen) atoms. The third kappa shape index (κ3) is 2.94. The van der Waals surface area contributed by atoms with Gasteiger partial charge in [0.25, 0.3) is 0 Å². The molecule has 0 aromatic rings. The summed E-state index contributed by atoms with van der Waals surface area (Å²) in [4.78, 5) is 13.3. The standard InChI is InChI=1S/C31H48O3/c1-19(2)25-21-11-12-30(7)24(28(21,5)18-23(25)32)10-9-20-22-17-27(3,4)13-15-31(22,26(33)34-8)16-14-29(20,30)6/h9,21-25,32H,1,10-18H2,2-8H3/t21?,22-,23-,24+,25+,28-,29+,30+,31-/m0/s1. The molecule has 5 aliphatic carbocycles. The van der Waals surface area contributed by atoms with Gasteiger partial charge in [-0.3, -0.25) is 4.79 Å². The van der Waals surface area contributed by atoms with Crippen LogP contribution in [0.5, 0.6) is 0 Å². The average molecular weight is 469 g/mol. The largest absolute Gasteiger partial charge is 0.469 e. The third-order valence-electron chi connectivity index (χ3n) is 12.6. The molecule has 9 atom stereocenters. The number of carbonyl (C=O) groups is 1. The first kappa shape index (κ1) is 24.6. The summed E-state index contributed by atoms with van der Waals surface area (Å²) in [6.45, 7) is 18.8. The first-order valence-corrected chi connectivity index (χ1v) is 13.9. The fraction of sp³-hybridized carbons (Fsp3) is 0.839. The van der Waals surface area contributed by atoms with Crippen LogP contribution in [0.25, 0.3) is 0 Å². The Morgan fingerprint density at radius 3 is 2.38 bits per heavy atom. The Bertz CT molecular complexity index is 931. The fourth-order valence-corrected chi connectivity index (χ4v) is 10.6. The maximum Gasteiger partial charge on any atom is 0.312 e. The summed E-state index contributed by atoms with van der Waals surface area (Å²) in [5, 5.41) is 11.1. The van der Waals surface area contributed by atoms with E-state index in [1.54, 1.807) is 12.7 Å². The summed E-state index contributed by atoms with van der Waals surface area (Å²) in [6.07, 6.45) is 11.9. The van der Waals surface area contributed by atoms with Gasteiger partial charge in [-0.2, -0.15) is 0 Å². The van der Waals surface area contributed by atoms with Gasteiger partial charge in [-0.05, 0) is 104 Å². The Kier molecular flexibility index (Phi) is 5.40. The van der Waals surface area contributed by atoms with Gasteiger partial charge in [0, 0.05) is 5.92 Å². The minimum atomic E-state index is -0.339. The van der Waals surface area contributed by atoms with Crippen LogP contribution in [-0.4, -0.2) is 24.3 Å². The van der Waals surface area contributed by atoms with E-state index in [9.17, 15) is 9.90 Å². The molecule has 0 heterocycles. The van der Waals surface area contributed by atoms with Crippen molar-refractivity contribution >= 4 is 5.97 Å². The van der Waals surface area contributed by atoms with E-state index in [1.807, 2.05) is 0 Å². The number of hydrogen-bond acceptors (Lipinski definition) is 3. The molecule has 5 aliphatic rings. The van der Waals surface area contributed by atoms with Crippen molar-refractivity contribution in [2.75, 3.05) is 7.11 Å². The van der Waals surface area contributed by atoms with E-state index in [0.29, 0.717) is 17.8 Å². The second-order valence-corrected chi connectivity index (χ2v) is 14.6. The first-order chi connectivity index (χ1) is 15.8. The number of aliphatic hydroxyl groups excluding tert-OH is 1. The van der Waals surface area contributed by atoms with Crippen molar-refractivity contribution < 1.29 is 14.6 Å². The average Bonchev–Trinajstić information content (AvgIpc) is 3.03. The predicted molar refractivity (Wildman–Crippen MR) is 137 cm³/mol. The molecule has 0 aromatic carbocycles. The van der Waals surface area contributed by atoms with Crippen LogP contribution in [-0.2, 0) is 9.53 Å². The molecule has 3 nitrogen and oxygen atoms in total. The van der Waals surface area contributed by atoms with Crippen LogP contribution >= 0.6 is 0 Å². The molecule has 0 saturated heterocycles. The number of carbonyl (C=O) groups excluding carboxylic acids is 1. The Morgan fingerprint density at radius 1 is 1.06 bits per heavy atom. The normalized spacial score (nSPS) is 51.3. The second kappa shape index (κ2) is 7.46. The summed E-state index contributed by atoms with van der Waals surface area (Å²) in [7, 11) is 1.58. The molecular formula is C31H48O3. The quantitative estimate of drug-likeness (QED) is 0.347. The van der Waals surface area contributed by atoms with Gasteiger partial charge < -0.3 is 9.84 Å². The van der Waals surface area contributed by atoms with Crippen LogP contribution < -0.4 is 0 Å². The van der Waals surface area contributed by atoms with E-state index >= 15 is 0 Å². The zero-order chi connectivity index (χ0) is 24.9. The molecule has 0 spiro atoms. The lowest BCUT2D eigenvalue weighted by molar-refractivity contribution is -0.174. The molecule has 4 saturated carbocycles. The third-order valence-corrected chi connectivity index (χ3v) is 12.6. The number of allylic oxidation sites excluding steroid dienone is 2. The zero-order valence-corrected chi connectivity index (χ0v) is 22.8. The Hall–Kier alpha value is -1.09. The molecule has 1 N–H and O–H groups in total. The van der Waals surface area contributed by atoms with Gasteiger partial charge in [0.1, 0.15) is 0 Å². The SMILES string of the molecule is C=C(C)[C@@H]1C2CC[C@]3(C)[C@H](CC=C4[C@@H]5CC(C)(C)CC[C@]5(C(=O)OC)CC[C@]43C)[C@@]2(C)C[C@@H]1O. The van der Waals surface area contributed by atoms with Crippen LogP contribution in [0.3, 0.4) is 0 Å². The van der Waals surface area contributed by atoms with Gasteiger partial charge in [0.05, 0.1) is 18.6 Å². The molecule has 0 radical (unpaired) electrons. The predicted octanol–water partition coefficient (Wildman–Crippen LogP) is 7.10. The lowest BCUT2D eigenvalue weighted by atomic mass is 9.36. The van der Waals surface area contributed by atoms with Crippen molar-refractivity contribution in [3.63, 3.8) is 0 Å². The molecule has 3 heteroatoms. The van der Waals surface area contributed by atoms with Crippen LogP contribution in [0.1, 0.15) is 99.3 Å². The van der Waals surface area contributed by atoms with Crippen LogP contribution in [0, 0.1) is 50.7 Å². The molecular weight excluding hydrogens is 420 g/mol. The number of fused-ring (bicyclic) bond motifs is 7. The number of rotatable bonds is 2. The summed E-state index contributed by atoms with van der Waals surface area (Å²) in [5.74, 6) is 1.66. The number of methoxy groups -OCH3 is 1. The van der Waals surface area contributed by atoms with E-state index < -0.39 is 0 Å². The molecule has 5 rings (SSSR count). The Balaban J connectivity index is 1.59. The van der Waals surface area contributed by atoms with Crippen molar-refractivity contribution in [1.29, 1.82) is 0 Å². The number of aliphatic hydroxyl groups is 1. The van der Waals surface area contributed by atoms with Gasteiger partial charge in [0.2, 0.25) is 0 Å². The van der Waals surface area contributed by atoms with E-state index in [1.165, 1.54) is 12.8 Å². The second-order valence-electron chi connectivity index (χ2n) is 14.6. The van der Waals surface area contributed by atoms with Crippen molar-refractivity contribution in [2.45, 2.75) is 105 Å². The van der Waals surface area contributed by atoms with E-state index in [4.69, 9.17) is 4.74 Å². The summed E-state index contributed by atoms with van der Waals surface area (Å²) >= 11 is 0. The molecule has 190 valence electrons. The zero-order valence-electron chi connectivity index (χ0n) is 22.8. The van der Waals surface area contributed by atoms with E-state index in [-0.39, 0.29) is 45.1 Å². The molecule has 0 bridgehead atoms. The number of esters is 1. The van der Waals surface area contributed by atoms with Gasteiger partial charge in [-0.15, -0.1) is 0 Å². The molecule has 1 unspecified atom stereocenters. The number of hydrogen-bond donors (Lipinski definition) is 1. The molecule has 4 fully saturated rings. The monoisotopic (exact) mass is 468 g/mol. The van der Waals surface area contributed by atoms with E-state index in [0.717, 1.165) is 50.5 Å². The van der Waals surface area contributed by atoms with Crippen LogP contribution in [0.2, 0.25) is 0 Å². The maximum atomic E-state index is 13.3. The topological polar surface area (TPSA) is 46.5 Å². The first-order valence-electron chi connectivity index (χ1n) is 13.9. The molecule has 0 aromatic heterocycles. The van der Waals surface area contributed by atoms with Crippen molar-refractivity contribution in [2.24, 2.45) is 50.7 Å². The summed E-state index contributed by atoms with van der Waals surface area (Å²) < 4.78 is 5.48. The minimum absolute atomic E-state index is 0.0297. The lowest BCUT2D eigenvalue weighted by Gasteiger charge is -2.68. The van der Waals surface area contributed by atoms with Gasteiger partial charge in [-0.1, -0.05) is 58.4 Å². The maximum absolute atomic E-state index is 13.3. The van der Waals surface area contributed by atoms with Crippen LogP contribution in [0.4, 0.5) is 0 Å². The highest BCUT2D eigenvalue weighted by Crippen LogP contribution is 2.75.